The minimum atomic E-state index is -3.63. The van der Waals surface area contributed by atoms with E-state index in [1.165, 1.54) is 30.3 Å². The van der Waals surface area contributed by atoms with Gasteiger partial charge in [0.1, 0.15) is 5.75 Å². The molecule has 0 heterocycles. The molecule has 1 amide bonds. The van der Waals surface area contributed by atoms with Crippen molar-refractivity contribution in [2.75, 3.05) is 18.5 Å². The summed E-state index contributed by atoms with van der Waals surface area (Å²) in [6, 6.07) is 20.2. The number of anilines is 1. The molecule has 2 N–H and O–H groups in total. The molecule has 3 aromatic carbocycles. The smallest absolute Gasteiger partial charge is 0.262 e. The summed E-state index contributed by atoms with van der Waals surface area (Å²) in [7, 11) is -3.63. The fraction of sp³-hybridized carbons (Fsp3) is 0.136. The molecule has 0 atom stereocenters. The summed E-state index contributed by atoms with van der Waals surface area (Å²) in [5.41, 5.74) is 1.54. The van der Waals surface area contributed by atoms with Gasteiger partial charge in [-0.05, 0) is 54.4 Å². The molecule has 0 aliphatic carbocycles. The Labute approximate surface area is 191 Å². The van der Waals surface area contributed by atoms with Crippen LogP contribution < -0.4 is 14.8 Å². The van der Waals surface area contributed by atoms with Crippen molar-refractivity contribution in [3.05, 3.63) is 88.4 Å². The number of hydrogen-bond donors (Lipinski definition) is 2. The zero-order valence-corrected chi connectivity index (χ0v) is 18.7. The standard InChI is InChI=1S/C22H20Cl2N2O4S/c23-20-11-6-17(14-21(20)24)26-22(27)15-30-18-7-9-19(10-8-18)31(28,29)25-13-12-16-4-2-1-3-5-16/h1-11,14,25H,12-13,15H2,(H,26,27). The Balaban J connectivity index is 1.49. The third-order valence-electron chi connectivity index (χ3n) is 4.26. The lowest BCUT2D eigenvalue weighted by Gasteiger charge is -2.10. The largest absolute Gasteiger partial charge is 0.484 e. The van der Waals surface area contributed by atoms with Crippen molar-refractivity contribution in [3.63, 3.8) is 0 Å². The second-order valence-electron chi connectivity index (χ2n) is 6.57. The molecule has 0 spiro atoms. The second-order valence-corrected chi connectivity index (χ2v) is 9.15. The van der Waals surface area contributed by atoms with Crippen LogP contribution in [-0.2, 0) is 21.2 Å². The molecule has 0 fully saturated rings. The highest BCUT2D eigenvalue weighted by molar-refractivity contribution is 7.89. The van der Waals surface area contributed by atoms with Gasteiger partial charge in [-0.1, -0.05) is 53.5 Å². The van der Waals surface area contributed by atoms with E-state index in [2.05, 4.69) is 10.0 Å². The number of carbonyl (C=O) groups is 1. The van der Waals surface area contributed by atoms with Crippen LogP contribution in [0.4, 0.5) is 5.69 Å². The Bertz CT molecular complexity index is 1140. The van der Waals surface area contributed by atoms with Crippen LogP contribution in [0.3, 0.4) is 0 Å². The van der Waals surface area contributed by atoms with Gasteiger partial charge in [0.25, 0.3) is 5.91 Å². The second kappa shape index (κ2) is 10.6. The number of carbonyl (C=O) groups excluding carboxylic acids is 1. The minimum absolute atomic E-state index is 0.119. The first-order valence-corrected chi connectivity index (χ1v) is 11.6. The molecule has 0 unspecified atom stereocenters. The number of hydrogen-bond acceptors (Lipinski definition) is 4. The summed E-state index contributed by atoms with van der Waals surface area (Å²) >= 11 is 11.8. The zero-order chi connectivity index (χ0) is 22.3. The maximum Gasteiger partial charge on any atom is 0.262 e. The molecule has 0 bridgehead atoms. The average molecular weight is 479 g/mol. The quantitative estimate of drug-likeness (QED) is 0.472. The molecule has 0 saturated carbocycles. The van der Waals surface area contributed by atoms with E-state index in [4.69, 9.17) is 27.9 Å². The highest BCUT2D eigenvalue weighted by atomic mass is 35.5. The number of amides is 1. The predicted molar refractivity (Wildman–Crippen MR) is 122 cm³/mol. The number of rotatable bonds is 9. The zero-order valence-electron chi connectivity index (χ0n) is 16.3. The van der Waals surface area contributed by atoms with Gasteiger partial charge in [0, 0.05) is 12.2 Å². The van der Waals surface area contributed by atoms with Gasteiger partial charge >= 0.3 is 0 Å². The number of benzene rings is 3. The van der Waals surface area contributed by atoms with Gasteiger partial charge < -0.3 is 10.1 Å². The predicted octanol–water partition coefficient (Wildman–Crippen LogP) is 4.53. The van der Waals surface area contributed by atoms with E-state index in [0.29, 0.717) is 34.4 Å². The summed E-state index contributed by atoms with van der Waals surface area (Å²) in [5, 5.41) is 3.36. The number of halogens is 2. The lowest BCUT2D eigenvalue weighted by atomic mass is 10.2. The highest BCUT2D eigenvalue weighted by Crippen LogP contribution is 2.25. The summed E-state index contributed by atoms with van der Waals surface area (Å²) < 4.78 is 32.8. The van der Waals surface area contributed by atoms with Gasteiger partial charge in [0.05, 0.1) is 14.9 Å². The topological polar surface area (TPSA) is 84.5 Å². The normalized spacial score (nSPS) is 11.2. The first-order chi connectivity index (χ1) is 14.8. The molecule has 6 nitrogen and oxygen atoms in total. The minimum Gasteiger partial charge on any atom is -0.484 e. The van der Waals surface area contributed by atoms with E-state index < -0.39 is 15.9 Å². The molecule has 0 aliphatic rings. The van der Waals surface area contributed by atoms with E-state index in [0.717, 1.165) is 5.56 Å². The molecule has 162 valence electrons. The number of nitrogens with one attached hydrogen (secondary N) is 2. The SMILES string of the molecule is O=C(COc1ccc(S(=O)(=O)NCCc2ccccc2)cc1)Nc1ccc(Cl)c(Cl)c1. The molecule has 3 rings (SSSR count). The van der Waals surface area contributed by atoms with Gasteiger partial charge in [-0.25, -0.2) is 13.1 Å². The highest BCUT2D eigenvalue weighted by Gasteiger charge is 2.14. The summed E-state index contributed by atoms with van der Waals surface area (Å²) in [5.74, 6) is -0.0230. The average Bonchev–Trinajstić information content (AvgIpc) is 2.76. The molecule has 31 heavy (non-hydrogen) atoms. The fourth-order valence-corrected chi connectivity index (χ4v) is 4.02. The number of sulfonamides is 1. The maximum atomic E-state index is 12.4. The lowest BCUT2D eigenvalue weighted by Crippen LogP contribution is -2.26. The molecule has 0 saturated heterocycles. The Morgan fingerprint density at radius 1 is 0.903 bits per heavy atom. The van der Waals surface area contributed by atoms with Crippen LogP contribution in [0, 0.1) is 0 Å². The van der Waals surface area contributed by atoms with Crippen LogP contribution in [0.1, 0.15) is 5.56 Å². The van der Waals surface area contributed by atoms with Gasteiger partial charge in [-0.2, -0.15) is 0 Å². The molecule has 3 aromatic rings. The number of ether oxygens (including phenoxy) is 1. The van der Waals surface area contributed by atoms with Crippen LogP contribution >= 0.6 is 23.2 Å². The van der Waals surface area contributed by atoms with Crippen molar-refractivity contribution in [2.24, 2.45) is 0 Å². The first-order valence-electron chi connectivity index (χ1n) is 9.35. The van der Waals surface area contributed by atoms with Gasteiger partial charge in [0.2, 0.25) is 10.0 Å². The fourth-order valence-electron chi connectivity index (χ4n) is 2.69. The Kier molecular flexibility index (Phi) is 7.92. The third kappa shape index (κ3) is 6.97. The van der Waals surface area contributed by atoms with E-state index in [9.17, 15) is 13.2 Å². The van der Waals surface area contributed by atoms with Crippen molar-refractivity contribution in [1.82, 2.24) is 4.72 Å². The Morgan fingerprint density at radius 3 is 2.29 bits per heavy atom. The molecule has 0 aliphatic heterocycles. The Hall–Kier alpha value is -2.58. The van der Waals surface area contributed by atoms with E-state index >= 15 is 0 Å². The van der Waals surface area contributed by atoms with Crippen LogP contribution in [0.25, 0.3) is 0 Å². The Morgan fingerprint density at radius 2 is 1.61 bits per heavy atom. The maximum absolute atomic E-state index is 12.4. The van der Waals surface area contributed by atoms with E-state index in [1.807, 2.05) is 30.3 Å². The van der Waals surface area contributed by atoms with Gasteiger partial charge in [-0.15, -0.1) is 0 Å². The molecular formula is C22H20Cl2N2O4S. The van der Waals surface area contributed by atoms with E-state index in [1.54, 1.807) is 12.1 Å². The molecule has 9 heteroatoms. The summed E-state index contributed by atoms with van der Waals surface area (Å²) in [6.45, 7) is 0.0428. The molecule has 0 radical (unpaired) electrons. The van der Waals surface area contributed by atoms with Crippen molar-refractivity contribution >= 4 is 44.8 Å². The first kappa shape index (κ1) is 23.1. The van der Waals surface area contributed by atoms with Crippen LogP contribution in [0.2, 0.25) is 10.0 Å². The third-order valence-corrected chi connectivity index (χ3v) is 6.47. The van der Waals surface area contributed by atoms with Gasteiger partial charge in [-0.3, -0.25) is 4.79 Å². The molecule has 0 aromatic heterocycles. The molecular weight excluding hydrogens is 459 g/mol. The van der Waals surface area contributed by atoms with Gasteiger partial charge in [0.15, 0.2) is 6.61 Å². The van der Waals surface area contributed by atoms with Crippen LogP contribution in [-0.4, -0.2) is 27.5 Å². The van der Waals surface area contributed by atoms with Crippen LogP contribution in [0.15, 0.2) is 77.7 Å². The van der Waals surface area contributed by atoms with Crippen molar-refractivity contribution in [2.45, 2.75) is 11.3 Å². The lowest BCUT2D eigenvalue weighted by molar-refractivity contribution is -0.118. The van der Waals surface area contributed by atoms with E-state index in [-0.39, 0.29) is 11.5 Å². The van der Waals surface area contributed by atoms with Crippen molar-refractivity contribution in [1.29, 1.82) is 0 Å². The van der Waals surface area contributed by atoms with Crippen molar-refractivity contribution in [3.8, 4) is 5.75 Å². The summed E-state index contributed by atoms with van der Waals surface area (Å²) in [4.78, 5) is 12.1. The summed E-state index contributed by atoms with van der Waals surface area (Å²) in [6.07, 6.45) is 0.592. The monoisotopic (exact) mass is 478 g/mol. The van der Waals surface area contributed by atoms with Crippen molar-refractivity contribution < 1.29 is 17.9 Å². The van der Waals surface area contributed by atoms with Crippen LogP contribution in [0.5, 0.6) is 5.75 Å².